The highest BCUT2D eigenvalue weighted by atomic mass is 19.4. The molecule has 1 aliphatic rings. The van der Waals surface area contributed by atoms with Crippen molar-refractivity contribution in [2.75, 3.05) is 4.90 Å². The lowest BCUT2D eigenvalue weighted by Gasteiger charge is -2.30. The van der Waals surface area contributed by atoms with Gasteiger partial charge in [0.15, 0.2) is 0 Å². The van der Waals surface area contributed by atoms with Crippen LogP contribution in [0.15, 0.2) is 66.9 Å². The number of nitrogens with zero attached hydrogens (tertiary/aromatic N) is 2. The quantitative estimate of drug-likeness (QED) is 0.362. The normalized spacial score (nSPS) is 18.7. The minimum Gasteiger partial charge on any atom is -0.406 e. The highest BCUT2D eigenvalue weighted by Crippen LogP contribution is 2.39. The van der Waals surface area contributed by atoms with Crippen molar-refractivity contribution in [1.29, 1.82) is 0 Å². The first-order valence-electron chi connectivity index (χ1n) is 11.4. The molecule has 5 nitrogen and oxygen atoms in total. The first kappa shape index (κ1) is 27.4. The summed E-state index contributed by atoms with van der Waals surface area (Å²) in [6.45, 7) is 3.37. The van der Waals surface area contributed by atoms with Gasteiger partial charge in [-0.1, -0.05) is 18.2 Å². The third-order valence-corrected chi connectivity index (χ3v) is 6.22. The molecule has 1 N–H and O–H groups in total. The van der Waals surface area contributed by atoms with E-state index in [0.717, 1.165) is 24.4 Å². The Morgan fingerprint density at radius 2 is 1.55 bits per heavy atom. The Hall–Kier alpha value is -3.67. The van der Waals surface area contributed by atoms with Crippen LogP contribution in [0.4, 0.5) is 36.4 Å². The van der Waals surface area contributed by atoms with Crippen molar-refractivity contribution in [3.8, 4) is 5.75 Å². The molecule has 4 rings (SSSR count). The zero-order valence-corrected chi connectivity index (χ0v) is 20.1. The molecule has 1 aliphatic heterocycles. The first-order valence-corrected chi connectivity index (χ1v) is 11.4. The number of hydrogen-bond donors (Lipinski definition) is 1. The van der Waals surface area contributed by atoms with E-state index in [4.69, 9.17) is 0 Å². The van der Waals surface area contributed by atoms with E-state index in [2.05, 4.69) is 15.0 Å². The molecular formula is C26H22F7N3O2. The van der Waals surface area contributed by atoms with Gasteiger partial charge in [0.05, 0.1) is 12.1 Å². The summed E-state index contributed by atoms with van der Waals surface area (Å²) in [5.74, 6) is -1.36. The lowest BCUT2D eigenvalue weighted by atomic mass is 9.93. The van der Waals surface area contributed by atoms with Gasteiger partial charge >= 0.3 is 12.5 Å². The molecule has 38 heavy (non-hydrogen) atoms. The van der Waals surface area contributed by atoms with Crippen molar-refractivity contribution in [2.24, 2.45) is 0 Å². The van der Waals surface area contributed by atoms with Gasteiger partial charge in [0.25, 0.3) is 0 Å². The van der Waals surface area contributed by atoms with Crippen LogP contribution in [-0.4, -0.2) is 23.3 Å². The van der Waals surface area contributed by atoms with Crippen molar-refractivity contribution in [1.82, 2.24) is 10.3 Å². The smallest absolute Gasteiger partial charge is 0.406 e. The second-order valence-electron chi connectivity index (χ2n) is 9.30. The maximum atomic E-state index is 13.6. The molecule has 0 saturated carbocycles. The highest BCUT2D eigenvalue weighted by Gasteiger charge is 2.43. The number of aromatic nitrogens is 1. The van der Waals surface area contributed by atoms with Crippen LogP contribution in [0.1, 0.15) is 43.1 Å². The van der Waals surface area contributed by atoms with Gasteiger partial charge in [-0.25, -0.2) is 4.39 Å². The van der Waals surface area contributed by atoms with Crippen LogP contribution >= 0.6 is 0 Å². The van der Waals surface area contributed by atoms with Crippen molar-refractivity contribution in [3.05, 3.63) is 89.5 Å². The van der Waals surface area contributed by atoms with Crippen molar-refractivity contribution in [2.45, 2.75) is 50.4 Å². The molecule has 0 aliphatic carbocycles. The molecule has 0 spiro atoms. The average Bonchev–Trinajstić information content (AvgIpc) is 3.14. The van der Waals surface area contributed by atoms with Crippen LogP contribution in [0.5, 0.6) is 5.75 Å². The highest BCUT2D eigenvalue weighted by molar-refractivity contribution is 6.00. The predicted molar refractivity (Wildman–Crippen MR) is 124 cm³/mol. The number of amides is 1. The van der Waals surface area contributed by atoms with E-state index in [9.17, 15) is 35.5 Å². The molecular weight excluding hydrogens is 519 g/mol. The van der Waals surface area contributed by atoms with Crippen LogP contribution in [0.3, 0.4) is 0 Å². The van der Waals surface area contributed by atoms with E-state index >= 15 is 0 Å². The molecule has 1 aromatic heterocycles. The Morgan fingerprint density at radius 1 is 0.921 bits per heavy atom. The summed E-state index contributed by atoms with van der Waals surface area (Å²) in [7, 11) is 0. The van der Waals surface area contributed by atoms with Gasteiger partial charge in [-0.15, -0.1) is 13.2 Å². The average molecular weight is 541 g/mol. The van der Waals surface area contributed by atoms with Crippen molar-refractivity contribution < 1.29 is 40.3 Å². The second-order valence-corrected chi connectivity index (χ2v) is 9.30. The Bertz CT molecular complexity index is 1270. The third-order valence-electron chi connectivity index (χ3n) is 6.22. The Kier molecular flexibility index (Phi) is 7.13. The van der Waals surface area contributed by atoms with E-state index < -0.39 is 53.3 Å². The van der Waals surface area contributed by atoms with E-state index in [1.165, 1.54) is 47.4 Å². The third kappa shape index (κ3) is 6.07. The molecule has 3 aromatic rings. The summed E-state index contributed by atoms with van der Waals surface area (Å²) in [5, 5.41) is 3.17. The molecule has 2 heterocycles. The predicted octanol–water partition coefficient (Wildman–Crippen LogP) is 6.51. The number of alkyl halides is 6. The lowest BCUT2D eigenvalue weighted by Crippen LogP contribution is -2.47. The minimum absolute atomic E-state index is 0.197. The molecule has 1 saturated heterocycles. The Balaban J connectivity index is 1.62. The largest absolute Gasteiger partial charge is 0.573 e. The summed E-state index contributed by atoms with van der Waals surface area (Å²) in [5.41, 5.74) is -0.741. The number of pyridine rings is 1. The molecule has 0 bridgehead atoms. The number of carbonyl (C=O) groups is 1. The minimum atomic E-state index is -4.88. The van der Waals surface area contributed by atoms with Crippen LogP contribution in [0.2, 0.25) is 0 Å². The number of carbonyl (C=O) groups excluding carboxylic acids is 1. The maximum absolute atomic E-state index is 13.6. The molecule has 1 amide bonds. The molecule has 2 aromatic carbocycles. The fourth-order valence-corrected chi connectivity index (χ4v) is 4.41. The fraction of sp³-hybridized carbons (Fsp3) is 0.308. The molecule has 2 unspecified atom stereocenters. The summed E-state index contributed by atoms with van der Waals surface area (Å²) in [6.07, 6.45) is -8.19. The second kappa shape index (κ2) is 9.90. The summed E-state index contributed by atoms with van der Waals surface area (Å²) < 4.78 is 93.9. The molecule has 1 fully saturated rings. The first-order chi connectivity index (χ1) is 17.6. The van der Waals surface area contributed by atoms with Gasteiger partial charge in [-0.05, 0) is 73.9 Å². The molecule has 202 valence electrons. The van der Waals surface area contributed by atoms with Gasteiger partial charge in [0.2, 0.25) is 5.91 Å². The van der Waals surface area contributed by atoms with Crippen LogP contribution in [0, 0.1) is 5.82 Å². The summed E-state index contributed by atoms with van der Waals surface area (Å²) in [4.78, 5) is 18.5. The standard InChI is InChI=1S/C26H22F7N3O2/c1-24(2,16-5-12-22(34-14-16)25(28,29)30)35-20-13-21(15-3-6-17(27)7-4-15)36(23(20)37)18-8-10-19(11-9-18)38-26(31,32)33/h3-12,14,20-21,35H,13H2,1-2H3. The fourth-order valence-electron chi connectivity index (χ4n) is 4.41. The van der Waals surface area contributed by atoms with E-state index in [-0.39, 0.29) is 12.1 Å². The van der Waals surface area contributed by atoms with Gasteiger partial charge < -0.3 is 9.64 Å². The number of hydrogen-bond acceptors (Lipinski definition) is 4. The lowest BCUT2D eigenvalue weighted by molar-refractivity contribution is -0.274. The number of benzene rings is 2. The van der Waals surface area contributed by atoms with E-state index in [0.29, 0.717) is 11.1 Å². The summed E-state index contributed by atoms with van der Waals surface area (Å²) >= 11 is 0. The molecule has 12 heteroatoms. The number of nitrogens with one attached hydrogen (secondary N) is 1. The van der Waals surface area contributed by atoms with Crippen LogP contribution in [0.25, 0.3) is 0 Å². The van der Waals surface area contributed by atoms with Gasteiger partial charge in [0, 0.05) is 17.4 Å². The van der Waals surface area contributed by atoms with E-state index in [1.54, 1.807) is 13.8 Å². The number of halogens is 7. The number of anilines is 1. The Morgan fingerprint density at radius 3 is 2.08 bits per heavy atom. The topological polar surface area (TPSA) is 54.5 Å². The van der Waals surface area contributed by atoms with Gasteiger partial charge in [0.1, 0.15) is 17.3 Å². The SMILES string of the molecule is CC(C)(NC1CC(c2ccc(F)cc2)N(c2ccc(OC(F)(F)F)cc2)C1=O)c1ccc(C(F)(F)F)nc1. The monoisotopic (exact) mass is 541 g/mol. The van der Waals surface area contributed by atoms with Gasteiger partial charge in [-0.2, -0.15) is 13.2 Å². The maximum Gasteiger partial charge on any atom is 0.573 e. The van der Waals surface area contributed by atoms with Crippen LogP contribution < -0.4 is 15.0 Å². The molecule has 2 atom stereocenters. The Labute approximate surface area is 213 Å². The summed E-state index contributed by atoms with van der Waals surface area (Å²) in [6, 6.07) is 11.0. The van der Waals surface area contributed by atoms with E-state index in [1.807, 2.05) is 0 Å². The number of ether oxygens (including phenoxy) is 1. The zero-order chi connectivity index (χ0) is 27.9. The van der Waals surface area contributed by atoms with Crippen molar-refractivity contribution in [3.63, 3.8) is 0 Å². The zero-order valence-electron chi connectivity index (χ0n) is 20.1. The number of rotatable bonds is 6. The van der Waals surface area contributed by atoms with Crippen molar-refractivity contribution >= 4 is 11.6 Å². The van der Waals surface area contributed by atoms with Crippen LogP contribution in [-0.2, 0) is 16.5 Å². The van der Waals surface area contributed by atoms with Gasteiger partial charge in [-0.3, -0.25) is 15.1 Å². The molecule has 0 radical (unpaired) electrons.